The quantitative estimate of drug-likeness (QED) is 0.383. The van der Waals surface area contributed by atoms with Crippen molar-refractivity contribution in [2.75, 3.05) is 18.1 Å². The van der Waals surface area contributed by atoms with Crippen LogP contribution in [-0.4, -0.2) is 30.1 Å². The van der Waals surface area contributed by atoms with E-state index in [1.54, 1.807) is 36.4 Å². The normalized spacial score (nSPS) is 15.4. The number of halogens is 2. The average molecular weight is 465 g/mol. The van der Waals surface area contributed by atoms with Crippen LogP contribution in [0, 0.1) is 0 Å². The Labute approximate surface area is 189 Å². The molecule has 0 saturated carbocycles. The third-order valence-corrected chi connectivity index (χ3v) is 5.26. The number of ether oxygens (including phenoxy) is 2. The Morgan fingerprint density at radius 2 is 1.83 bits per heavy atom. The van der Waals surface area contributed by atoms with E-state index in [0.717, 1.165) is 4.90 Å². The highest BCUT2D eigenvalue weighted by Crippen LogP contribution is 2.35. The van der Waals surface area contributed by atoms with Gasteiger partial charge in [0.2, 0.25) is 0 Å². The van der Waals surface area contributed by atoms with Gasteiger partial charge in [0.15, 0.2) is 5.11 Å². The summed E-state index contributed by atoms with van der Waals surface area (Å²) >= 11 is 17.5. The van der Waals surface area contributed by atoms with Crippen LogP contribution in [0.1, 0.15) is 19.4 Å². The van der Waals surface area contributed by atoms with E-state index in [0.29, 0.717) is 30.3 Å². The molecule has 2 aromatic carbocycles. The fourth-order valence-corrected chi connectivity index (χ4v) is 3.52. The van der Waals surface area contributed by atoms with Gasteiger partial charge >= 0.3 is 0 Å². The van der Waals surface area contributed by atoms with E-state index in [9.17, 15) is 9.59 Å². The second-order valence-corrected chi connectivity index (χ2v) is 7.27. The Kier molecular flexibility index (Phi) is 6.97. The molecule has 30 heavy (non-hydrogen) atoms. The molecule has 0 aromatic heterocycles. The summed E-state index contributed by atoms with van der Waals surface area (Å²) in [6.45, 7) is 4.61. The Balaban J connectivity index is 2.06. The summed E-state index contributed by atoms with van der Waals surface area (Å²) in [5.74, 6) is -0.131. The largest absolute Gasteiger partial charge is 0.494 e. The third kappa shape index (κ3) is 4.43. The molecule has 3 rings (SSSR count). The fourth-order valence-electron chi connectivity index (χ4n) is 2.87. The number of carbonyl (C=O) groups is 2. The third-order valence-electron chi connectivity index (χ3n) is 4.17. The van der Waals surface area contributed by atoms with Crippen molar-refractivity contribution in [1.29, 1.82) is 0 Å². The molecule has 0 spiro atoms. The van der Waals surface area contributed by atoms with Crippen molar-refractivity contribution < 1.29 is 19.1 Å². The first-order valence-corrected chi connectivity index (χ1v) is 10.3. The maximum absolute atomic E-state index is 13.2. The van der Waals surface area contributed by atoms with E-state index >= 15 is 0 Å². The Bertz CT molecular complexity index is 1060. The van der Waals surface area contributed by atoms with Crippen molar-refractivity contribution in [3.8, 4) is 11.5 Å². The SMILES string of the molecule is CCOc1ccc(C=C2C(=O)NC(=S)N(c3cccc(Cl)c3Cl)C2=O)c(OCC)c1. The van der Waals surface area contributed by atoms with Gasteiger partial charge in [-0.25, -0.2) is 0 Å². The maximum Gasteiger partial charge on any atom is 0.270 e. The molecule has 2 amide bonds. The maximum atomic E-state index is 13.2. The Morgan fingerprint density at radius 3 is 2.53 bits per heavy atom. The van der Waals surface area contributed by atoms with E-state index in [1.807, 2.05) is 13.8 Å². The van der Waals surface area contributed by atoms with Crippen molar-refractivity contribution in [3.05, 3.63) is 57.6 Å². The molecule has 0 bridgehead atoms. The lowest BCUT2D eigenvalue weighted by atomic mass is 10.1. The number of hydrogen-bond donors (Lipinski definition) is 1. The summed E-state index contributed by atoms with van der Waals surface area (Å²) in [5.41, 5.74) is 0.704. The summed E-state index contributed by atoms with van der Waals surface area (Å²) < 4.78 is 11.2. The minimum atomic E-state index is -0.621. The van der Waals surface area contributed by atoms with Gasteiger partial charge < -0.3 is 9.47 Å². The van der Waals surface area contributed by atoms with Crippen molar-refractivity contribution in [1.82, 2.24) is 5.32 Å². The fraction of sp³-hybridized carbons (Fsp3) is 0.190. The van der Waals surface area contributed by atoms with Crippen LogP contribution < -0.4 is 19.7 Å². The lowest BCUT2D eigenvalue weighted by Gasteiger charge is -2.29. The first kappa shape index (κ1) is 22.1. The van der Waals surface area contributed by atoms with Crippen LogP contribution in [0.4, 0.5) is 5.69 Å². The Morgan fingerprint density at radius 1 is 1.10 bits per heavy atom. The molecule has 1 saturated heterocycles. The van der Waals surface area contributed by atoms with E-state index in [2.05, 4.69) is 5.32 Å². The summed E-state index contributed by atoms with van der Waals surface area (Å²) in [4.78, 5) is 26.9. The first-order chi connectivity index (χ1) is 14.4. The highest BCUT2D eigenvalue weighted by molar-refractivity contribution is 7.80. The molecule has 0 radical (unpaired) electrons. The predicted molar refractivity (Wildman–Crippen MR) is 121 cm³/mol. The predicted octanol–water partition coefficient (Wildman–Crippen LogP) is 4.62. The average Bonchev–Trinajstić information content (AvgIpc) is 2.70. The molecule has 9 heteroatoms. The van der Waals surface area contributed by atoms with Crippen molar-refractivity contribution in [2.24, 2.45) is 0 Å². The van der Waals surface area contributed by atoms with Crippen molar-refractivity contribution in [3.63, 3.8) is 0 Å². The highest BCUT2D eigenvalue weighted by atomic mass is 35.5. The Hall–Kier alpha value is -2.61. The van der Waals surface area contributed by atoms with Gasteiger partial charge in [0.1, 0.15) is 17.1 Å². The van der Waals surface area contributed by atoms with Gasteiger partial charge in [0.25, 0.3) is 11.8 Å². The van der Waals surface area contributed by atoms with Gasteiger partial charge in [-0.2, -0.15) is 0 Å². The number of hydrogen-bond acceptors (Lipinski definition) is 5. The van der Waals surface area contributed by atoms with E-state index in [4.69, 9.17) is 44.9 Å². The van der Waals surface area contributed by atoms with Crippen LogP contribution in [0.2, 0.25) is 10.0 Å². The molecule has 1 heterocycles. The van der Waals surface area contributed by atoms with E-state index in [-0.39, 0.29) is 26.4 Å². The number of benzene rings is 2. The zero-order chi connectivity index (χ0) is 21.8. The van der Waals surface area contributed by atoms with E-state index < -0.39 is 11.8 Å². The highest BCUT2D eigenvalue weighted by Gasteiger charge is 2.36. The monoisotopic (exact) mass is 464 g/mol. The second-order valence-electron chi connectivity index (χ2n) is 6.10. The lowest BCUT2D eigenvalue weighted by molar-refractivity contribution is -0.122. The smallest absolute Gasteiger partial charge is 0.270 e. The minimum Gasteiger partial charge on any atom is -0.494 e. The van der Waals surface area contributed by atoms with Crippen LogP contribution in [0.25, 0.3) is 6.08 Å². The number of nitrogens with one attached hydrogen (secondary N) is 1. The van der Waals surface area contributed by atoms with Crippen molar-refractivity contribution >= 4 is 64.1 Å². The number of anilines is 1. The topological polar surface area (TPSA) is 67.9 Å². The summed E-state index contributed by atoms with van der Waals surface area (Å²) in [5, 5.41) is 2.86. The molecular formula is C21H18Cl2N2O4S. The molecule has 6 nitrogen and oxygen atoms in total. The number of nitrogens with zero attached hydrogens (tertiary/aromatic N) is 1. The molecule has 1 N–H and O–H groups in total. The zero-order valence-electron chi connectivity index (χ0n) is 16.2. The molecule has 0 unspecified atom stereocenters. The van der Waals surface area contributed by atoms with Crippen LogP contribution in [-0.2, 0) is 9.59 Å². The van der Waals surface area contributed by atoms with Gasteiger partial charge in [-0.1, -0.05) is 29.3 Å². The molecule has 1 fully saturated rings. The molecule has 0 aliphatic carbocycles. The number of carbonyl (C=O) groups excluding carboxylic acids is 2. The first-order valence-electron chi connectivity index (χ1n) is 9.12. The summed E-state index contributed by atoms with van der Waals surface area (Å²) in [7, 11) is 0. The number of amides is 2. The molecular weight excluding hydrogens is 447 g/mol. The molecule has 2 aromatic rings. The molecule has 1 aliphatic heterocycles. The number of thiocarbonyl (C=S) groups is 1. The number of rotatable bonds is 6. The summed E-state index contributed by atoms with van der Waals surface area (Å²) in [6.07, 6.45) is 1.45. The molecule has 156 valence electrons. The van der Waals surface area contributed by atoms with Gasteiger partial charge in [-0.3, -0.25) is 19.8 Å². The summed E-state index contributed by atoms with van der Waals surface area (Å²) in [6, 6.07) is 9.98. The van der Waals surface area contributed by atoms with Crippen LogP contribution in [0.15, 0.2) is 42.0 Å². The van der Waals surface area contributed by atoms with Gasteiger partial charge in [0.05, 0.1) is 28.9 Å². The molecule has 0 atom stereocenters. The van der Waals surface area contributed by atoms with Crippen LogP contribution in [0.5, 0.6) is 11.5 Å². The lowest BCUT2D eigenvalue weighted by Crippen LogP contribution is -2.54. The van der Waals surface area contributed by atoms with E-state index in [1.165, 1.54) is 6.08 Å². The van der Waals surface area contributed by atoms with Crippen LogP contribution >= 0.6 is 35.4 Å². The van der Waals surface area contributed by atoms with Crippen LogP contribution in [0.3, 0.4) is 0 Å². The van der Waals surface area contributed by atoms with Crippen molar-refractivity contribution in [2.45, 2.75) is 13.8 Å². The van der Waals surface area contributed by atoms with Gasteiger partial charge in [0, 0.05) is 11.6 Å². The molecule has 1 aliphatic rings. The zero-order valence-corrected chi connectivity index (χ0v) is 18.5. The van der Waals surface area contributed by atoms with Gasteiger partial charge in [-0.05, 0) is 56.4 Å². The minimum absolute atomic E-state index is 0.0805. The second kappa shape index (κ2) is 9.47. The standard InChI is InChI=1S/C21H18Cl2N2O4S/c1-3-28-13-9-8-12(17(11-13)29-4-2)10-14-19(26)24-21(30)25(20(14)27)16-7-5-6-15(22)18(16)23/h5-11H,3-4H2,1-2H3,(H,24,26,30). The van der Waals surface area contributed by atoms with Gasteiger partial charge in [-0.15, -0.1) is 0 Å².